The first-order valence-electron chi connectivity index (χ1n) is 10.9. The van der Waals surface area contributed by atoms with Gasteiger partial charge in [0.25, 0.3) is 5.28 Å². The number of hydrogen-bond donors (Lipinski definition) is 0. The Hall–Kier alpha value is -0.240. The van der Waals surface area contributed by atoms with E-state index in [2.05, 4.69) is 19.1 Å². The fourth-order valence-corrected chi connectivity index (χ4v) is 4.85. The Balaban J connectivity index is 3.79. The maximum Gasteiger partial charge on any atom is 0.376 e. The molecule has 3 nitrogen and oxygen atoms in total. The minimum atomic E-state index is -2.43. The third kappa shape index (κ3) is 10.2. The van der Waals surface area contributed by atoms with Crippen LogP contribution in [0.15, 0.2) is 12.2 Å². The first kappa shape index (κ1) is 25.8. The molecule has 0 aromatic carbocycles. The molecule has 2 unspecified atom stereocenters. The maximum absolute atomic E-state index is 11.9. The molecule has 0 aromatic heterocycles. The van der Waals surface area contributed by atoms with E-state index in [1.165, 1.54) is 64.2 Å². The monoisotopic (exact) mass is 386 g/mol. The van der Waals surface area contributed by atoms with Gasteiger partial charge in [0.05, 0.1) is 21.1 Å². The molecule has 0 aliphatic rings. The molecule has 0 aliphatic heterocycles. The van der Waals surface area contributed by atoms with Gasteiger partial charge in [-0.3, -0.25) is 4.48 Å². The van der Waals surface area contributed by atoms with Crippen LogP contribution in [-0.4, -0.2) is 30.9 Å². The van der Waals surface area contributed by atoms with Crippen LogP contribution in [0.5, 0.6) is 0 Å². The van der Waals surface area contributed by atoms with Gasteiger partial charge in [0.15, 0.2) is 0 Å². The molecule has 0 fully saturated rings. The topological polar surface area (TPSA) is 40.1 Å². The molecule has 0 radical (unpaired) electrons. The highest BCUT2D eigenvalue weighted by molar-refractivity contribution is 7.38. The van der Waals surface area contributed by atoms with Gasteiger partial charge < -0.3 is 4.89 Å². The predicted octanol–water partition coefficient (Wildman–Crippen LogP) is 6.55. The minimum Gasteiger partial charge on any atom is -0.590 e. The molecule has 0 aromatic rings. The quantitative estimate of drug-likeness (QED) is 0.123. The molecule has 0 rings (SSSR count). The van der Waals surface area contributed by atoms with Gasteiger partial charge in [-0.25, -0.2) is 0 Å². The summed E-state index contributed by atoms with van der Waals surface area (Å²) >= 11 is 0. The Kier molecular flexibility index (Phi) is 14.6. The van der Waals surface area contributed by atoms with Crippen LogP contribution in [0.25, 0.3) is 0 Å². The SMILES string of the molecule is CCCCCCCCCCC/C=C\CCCC(CC)([P+](=O)[O-])[N+](C)(C)C. The van der Waals surface area contributed by atoms with E-state index < -0.39 is 13.3 Å². The second kappa shape index (κ2) is 14.8. The second-order valence-electron chi connectivity index (χ2n) is 8.59. The summed E-state index contributed by atoms with van der Waals surface area (Å²) in [5.41, 5.74) is 0. The van der Waals surface area contributed by atoms with Gasteiger partial charge in [-0.05, 0) is 25.7 Å². The van der Waals surface area contributed by atoms with Crippen molar-refractivity contribution >= 4 is 8.03 Å². The van der Waals surface area contributed by atoms with Gasteiger partial charge >= 0.3 is 8.03 Å². The molecule has 0 saturated carbocycles. The molecule has 26 heavy (non-hydrogen) atoms. The number of rotatable bonds is 17. The van der Waals surface area contributed by atoms with Crippen LogP contribution in [0, 0.1) is 0 Å². The third-order valence-corrected chi connectivity index (χ3v) is 7.56. The fraction of sp³-hybridized carbons (Fsp3) is 0.909. The zero-order valence-corrected chi connectivity index (χ0v) is 19.2. The van der Waals surface area contributed by atoms with Crippen LogP contribution in [0.1, 0.15) is 104 Å². The van der Waals surface area contributed by atoms with Gasteiger partial charge in [-0.1, -0.05) is 81.9 Å². The Morgan fingerprint density at radius 1 is 0.808 bits per heavy atom. The Morgan fingerprint density at radius 3 is 1.69 bits per heavy atom. The van der Waals surface area contributed by atoms with Crippen molar-refractivity contribution in [3.63, 3.8) is 0 Å². The molecule has 0 amide bonds. The van der Waals surface area contributed by atoms with Crippen LogP contribution in [-0.2, 0) is 4.57 Å². The highest BCUT2D eigenvalue weighted by atomic mass is 31.1. The van der Waals surface area contributed by atoms with Crippen molar-refractivity contribution in [1.82, 2.24) is 0 Å². The molecule has 0 bridgehead atoms. The van der Waals surface area contributed by atoms with Crippen LogP contribution < -0.4 is 4.89 Å². The van der Waals surface area contributed by atoms with E-state index in [9.17, 15) is 9.46 Å². The summed E-state index contributed by atoms with van der Waals surface area (Å²) < 4.78 is 12.4. The van der Waals surface area contributed by atoms with E-state index in [0.29, 0.717) is 10.9 Å². The molecular formula is C22H45NO2P+. The summed E-state index contributed by atoms with van der Waals surface area (Å²) in [6.45, 7) is 4.26. The van der Waals surface area contributed by atoms with Crippen LogP contribution in [0.4, 0.5) is 0 Å². The molecule has 0 aliphatic carbocycles. The van der Waals surface area contributed by atoms with Gasteiger partial charge in [-0.15, -0.1) is 0 Å². The molecule has 0 spiro atoms. The van der Waals surface area contributed by atoms with Crippen LogP contribution in [0.2, 0.25) is 0 Å². The fourth-order valence-electron chi connectivity index (χ4n) is 3.76. The van der Waals surface area contributed by atoms with Crippen molar-refractivity contribution in [1.29, 1.82) is 0 Å². The van der Waals surface area contributed by atoms with Gasteiger partial charge in [0.1, 0.15) is 0 Å². The van der Waals surface area contributed by atoms with Gasteiger partial charge in [0, 0.05) is 12.8 Å². The summed E-state index contributed by atoms with van der Waals surface area (Å²) in [6, 6.07) is 0. The number of allylic oxidation sites excluding steroid dienone is 2. The highest BCUT2D eigenvalue weighted by Crippen LogP contribution is 2.44. The maximum atomic E-state index is 11.9. The molecule has 2 atom stereocenters. The summed E-state index contributed by atoms with van der Waals surface area (Å²) in [6.07, 6.45) is 21.4. The second-order valence-corrected chi connectivity index (χ2v) is 9.93. The number of nitrogens with zero attached hydrogens (tertiary/aromatic N) is 1. The lowest BCUT2D eigenvalue weighted by atomic mass is 10.0. The Labute approximate surface area is 164 Å². The Morgan fingerprint density at radius 2 is 1.27 bits per heavy atom. The van der Waals surface area contributed by atoms with Crippen LogP contribution in [0.3, 0.4) is 0 Å². The van der Waals surface area contributed by atoms with E-state index in [0.717, 1.165) is 19.3 Å². The predicted molar refractivity (Wildman–Crippen MR) is 113 cm³/mol. The largest absolute Gasteiger partial charge is 0.590 e. The van der Waals surface area contributed by atoms with E-state index in [4.69, 9.17) is 0 Å². The zero-order chi connectivity index (χ0) is 19.9. The number of hydrogen-bond acceptors (Lipinski definition) is 2. The minimum absolute atomic E-state index is 0.490. The molecule has 4 heteroatoms. The highest BCUT2D eigenvalue weighted by Gasteiger charge is 2.52. The molecule has 0 N–H and O–H groups in total. The first-order valence-corrected chi connectivity index (χ1v) is 12.1. The normalized spacial score (nSPS) is 15.4. The summed E-state index contributed by atoms with van der Waals surface area (Å²) in [5, 5.41) is -0.625. The van der Waals surface area contributed by atoms with Gasteiger partial charge in [0.2, 0.25) is 0 Å². The molecule has 154 valence electrons. The van der Waals surface area contributed by atoms with Crippen molar-refractivity contribution < 1.29 is 13.9 Å². The van der Waals surface area contributed by atoms with E-state index in [1.807, 2.05) is 28.1 Å². The smallest absolute Gasteiger partial charge is 0.376 e. The summed E-state index contributed by atoms with van der Waals surface area (Å²) in [5.74, 6) is 0. The van der Waals surface area contributed by atoms with E-state index in [1.54, 1.807) is 0 Å². The standard InChI is InChI=1S/C22H45NO2P/c1-6-8-9-10-11-12-13-14-15-16-17-18-19-20-21-22(7-2,26(24)25)23(3,4)5/h17-18H,6-16,19-21H2,1-5H3/q+1/b18-17-. The Bertz CT molecular complexity index is 390. The summed E-state index contributed by atoms with van der Waals surface area (Å²) in [7, 11) is 3.55. The van der Waals surface area contributed by atoms with Crippen molar-refractivity contribution in [2.24, 2.45) is 0 Å². The average molecular weight is 387 g/mol. The first-order chi connectivity index (χ1) is 12.3. The molecule has 0 saturated heterocycles. The van der Waals surface area contributed by atoms with Crippen molar-refractivity contribution in [2.75, 3.05) is 21.1 Å². The lowest BCUT2D eigenvalue weighted by Gasteiger charge is -2.39. The van der Waals surface area contributed by atoms with Crippen LogP contribution >= 0.6 is 8.03 Å². The van der Waals surface area contributed by atoms with Gasteiger partial charge in [-0.2, -0.15) is 0 Å². The van der Waals surface area contributed by atoms with Crippen molar-refractivity contribution in [2.45, 2.75) is 109 Å². The average Bonchev–Trinajstić information content (AvgIpc) is 2.57. The van der Waals surface area contributed by atoms with Crippen molar-refractivity contribution in [3.8, 4) is 0 Å². The van der Waals surface area contributed by atoms with E-state index >= 15 is 0 Å². The lowest BCUT2D eigenvalue weighted by Crippen LogP contribution is -2.55. The number of unbranched alkanes of at least 4 members (excludes halogenated alkanes) is 10. The number of quaternary nitrogens is 1. The zero-order valence-electron chi connectivity index (χ0n) is 18.3. The molecule has 0 heterocycles. The van der Waals surface area contributed by atoms with Crippen molar-refractivity contribution in [3.05, 3.63) is 12.2 Å². The molecular weight excluding hydrogens is 341 g/mol. The van der Waals surface area contributed by atoms with E-state index in [-0.39, 0.29) is 0 Å². The third-order valence-electron chi connectivity index (χ3n) is 5.74. The summed E-state index contributed by atoms with van der Waals surface area (Å²) in [4.78, 5) is 11.9. The lowest BCUT2D eigenvalue weighted by molar-refractivity contribution is -0.910.